The highest BCUT2D eigenvalue weighted by molar-refractivity contribution is 8.00. The average Bonchev–Trinajstić information content (AvgIpc) is 2.81. The van der Waals surface area contributed by atoms with Crippen molar-refractivity contribution in [2.45, 2.75) is 84.4 Å². The number of hydrogen-bond acceptors (Lipinski definition) is 5. The van der Waals surface area contributed by atoms with Crippen molar-refractivity contribution < 1.29 is 4.79 Å². The molecule has 5 nitrogen and oxygen atoms in total. The van der Waals surface area contributed by atoms with Gasteiger partial charge < -0.3 is 4.90 Å². The zero-order valence-electron chi connectivity index (χ0n) is 16.9. The summed E-state index contributed by atoms with van der Waals surface area (Å²) < 4.78 is 1.69. The molecular formula is C19H29N3O2S2. The molecule has 0 aromatic carbocycles. The second-order valence-electron chi connectivity index (χ2n) is 7.10. The molecule has 0 saturated heterocycles. The first-order chi connectivity index (χ1) is 12.1. The van der Waals surface area contributed by atoms with E-state index < -0.39 is 0 Å². The van der Waals surface area contributed by atoms with Gasteiger partial charge in [-0.2, -0.15) is 0 Å². The third-order valence-electron chi connectivity index (χ3n) is 4.57. The molecule has 2 rings (SSSR count). The third-order valence-corrected chi connectivity index (χ3v) is 6.75. The van der Waals surface area contributed by atoms with Crippen molar-refractivity contribution in [1.82, 2.24) is 14.5 Å². The van der Waals surface area contributed by atoms with Gasteiger partial charge in [-0.25, -0.2) is 4.98 Å². The average molecular weight is 396 g/mol. The van der Waals surface area contributed by atoms with E-state index in [2.05, 4.69) is 0 Å². The molecule has 0 saturated carbocycles. The van der Waals surface area contributed by atoms with Crippen LogP contribution in [0.25, 0.3) is 10.2 Å². The number of aryl methyl sites for hydroxylation is 2. The molecule has 0 aliphatic rings. The van der Waals surface area contributed by atoms with E-state index in [-0.39, 0.29) is 28.8 Å². The number of hydrogen-bond donors (Lipinski definition) is 0. The Kier molecular flexibility index (Phi) is 6.55. The van der Waals surface area contributed by atoms with E-state index in [1.807, 2.05) is 60.3 Å². The highest BCUT2D eigenvalue weighted by atomic mass is 32.2. The minimum absolute atomic E-state index is 0.00826. The smallest absolute Gasteiger partial charge is 0.263 e. The number of aromatic nitrogens is 2. The summed E-state index contributed by atoms with van der Waals surface area (Å²) in [5, 5.41) is 1.03. The maximum Gasteiger partial charge on any atom is 0.263 e. The molecule has 0 fully saturated rings. The fraction of sp³-hybridized carbons (Fsp3) is 0.632. The van der Waals surface area contributed by atoms with Crippen LogP contribution in [0.4, 0.5) is 0 Å². The first kappa shape index (κ1) is 21.0. The van der Waals surface area contributed by atoms with Gasteiger partial charge in [-0.3, -0.25) is 14.2 Å². The Morgan fingerprint density at radius 2 is 1.77 bits per heavy atom. The fourth-order valence-electron chi connectivity index (χ4n) is 3.20. The number of rotatable bonds is 6. The molecule has 1 atom stereocenters. The Labute approximate surface area is 163 Å². The summed E-state index contributed by atoms with van der Waals surface area (Å²) >= 11 is 2.92. The van der Waals surface area contributed by atoms with E-state index in [4.69, 9.17) is 4.98 Å². The Balaban J connectivity index is 2.44. The molecule has 144 valence electrons. The van der Waals surface area contributed by atoms with Gasteiger partial charge in [-0.1, -0.05) is 11.8 Å². The zero-order valence-corrected chi connectivity index (χ0v) is 18.5. The van der Waals surface area contributed by atoms with Crippen LogP contribution < -0.4 is 5.56 Å². The van der Waals surface area contributed by atoms with Gasteiger partial charge in [-0.05, 0) is 61.0 Å². The van der Waals surface area contributed by atoms with Gasteiger partial charge >= 0.3 is 0 Å². The Hall–Kier alpha value is -1.34. The van der Waals surface area contributed by atoms with E-state index in [1.54, 1.807) is 15.9 Å². The standard InChI is InChI=1S/C19H29N3O2S2/c1-9-21-18(24)15-12(6)13(7)25-16(15)20-19(21)26-14(8)17(23)22(10(2)3)11(4)5/h10-11,14H,9H2,1-8H3. The lowest BCUT2D eigenvalue weighted by atomic mass is 10.2. The maximum absolute atomic E-state index is 12.9. The molecule has 0 N–H and O–H groups in total. The second-order valence-corrected chi connectivity index (χ2v) is 9.61. The van der Waals surface area contributed by atoms with Crippen molar-refractivity contribution in [2.24, 2.45) is 0 Å². The van der Waals surface area contributed by atoms with Crippen molar-refractivity contribution in [2.75, 3.05) is 0 Å². The Morgan fingerprint density at radius 1 is 1.19 bits per heavy atom. The molecule has 0 spiro atoms. The van der Waals surface area contributed by atoms with Gasteiger partial charge in [0, 0.05) is 23.5 Å². The highest BCUT2D eigenvalue weighted by Crippen LogP contribution is 2.30. The largest absolute Gasteiger partial charge is 0.337 e. The molecule has 0 radical (unpaired) electrons. The maximum atomic E-state index is 12.9. The summed E-state index contributed by atoms with van der Waals surface area (Å²) in [7, 11) is 0. The van der Waals surface area contributed by atoms with Crippen LogP contribution >= 0.6 is 23.1 Å². The zero-order chi connectivity index (χ0) is 19.8. The molecule has 0 aliphatic carbocycles. The molecule has 1 unspecified atom stereocenters. The van der Waals surface area contributed by atoms with Crippen LogP contribution in [0.1, 0.15) is 52.0 Å². The van der Waals surface area contributed by atoms with Gasteiger partial charge in [0.05, 0.1) is 10.6 Å². The number of thiophene rings is 1. The van der Waals surface area contributed by atoms with E-state index in [1.165, 1.54) is 11.8 Å². The van der Waals surface area contributed by atoms with E-state index in [9.17, 15) is 9.59 Å². The molecule has 0 aliphatic heterocycles. The van der Waals surface area contributed by atoms with Crippen LogP contribution in [-0.2, 0) is 11.3 Å². The summed E-state index contributed by atoms with van der Waals surface area (Å²) in [5.41, 5.74) is 1.00. The summed E-state index contributed by atoms with van der Waals surface area (Å²) in [5.74, 6) is 0.0792. The van der Waals surface area contributed by atoms with Crippen molar-refractivity contribution in [3.8, 4) is 0 Å². The van der Waals surface area contributed by atoms with Gasteiger partial charge in [-0.15, -0.1) is 11.3 Å². The van der Waals surface area contributed by atoms with Gasteiger partial charge in [0.2, 0.25) is 5.91 Å². The number of carbonyl (C=O) groups excluding carboxylic acids is 1. The normalized spacial score (nSPS) is 13.0. The molecular weight excluding hydrogens is 366 g/mol. The van der Waals surface area contributed by atoms with E-state index in [0.717, 1.165) is 15.3 Å². The minimum Gasteiger partial charge on any atom is -0.337 e. The van der Waals surface area contributed by atoms with Crippen LogP contribution in [0.3, 0.4) is 0 Å². The lowest BCUT2D eigenvalue weighted by Gasteiger charge is -2.32. The number of thioether (sulfide) groups is 1. The SMILES string of the molecule is CCn1c(SC(C)C(=O)N(C(C)C)C(C)C)nc2sc(C)c(C)c2c1=O. The van der Waals surface area contributed by atoms with Crippen molar-refractivity contribution in [3.63, 3.8) is 0 Å². The van der Waals surface area contributed by atoms with Crippen LogP contribution in [0.15, 0.2) is 9.95 Å². The number of carbonyl (C=O) groups is 1. The molecule has 26 heavy (non-hydrogen) atoms. The van der Waals surface area contributed by atoms with Crippen molar-refractivity contribution in [3.05, 3.63) is 20.8 Å². The van der Waals surface area contributed by atoms with Gasteiger partial charge in [0.1, 0.15) is 4.83 Å². The van der Waals surface area contributed by atoms with Crippen LogP contribution in [0.5, 0.6) is 0 Å². The number of nitrogens with zero attached hydrogens (tertiary/aromatic N) is 3. The van der Waals surface area contributed by atoms with Crippen LogP contribution in [0, 0.1) is 13.8 Å². The topological polar surface area (TPSA) is 55.2 Å². The van der Waals surface area contributed by atoms with Crippen molar-refractivity contribution in [1.29, 1.82) is 0 Å². The number of fused-ring (bicyclic) bond motifs is 1. The predicted molar refractivity (Wildman–Crippen MR) is 111 cm³/mol. The quantitative estimate of drug-likeness (QED) is 0.543. The Morgan fingerprint density at radius 3 is 2.27 bits per heavy atom. The molecule has 0 bridgehead atoms. The van der Waals surface area contributed by atoms with Gasteiger partial charge in [0.25, 0.3) is 5.56 Å². The summed E-state index contributed by atoms with van der Waals surface area (Å²) in [4.78, 5) is 34.4. The van der Waals surface area contributed by atoms with Crippen LogP contribution in [-0.4, -0.2) is 37.7 Å². The fourth-order valence-corrected chi connectivity index (χ4v) is 5.30. The molecule has 2 heterocycles. The van der Waals surface area contributed by atoms with Crippen molar-refractivity contribution >= 4 is 39.2 Å². The lowest BCUT2D eigenvalue weighted by molar-refractivity contribution is -0.133. The summed E-state index contributed by atoms with van der Waals surface area (Å²) in [6.07, 6.45) is 0. The minimum atomic E-state index is -0.302. The van der Waals surface area contributed by atoms with E-state index in [0.29, 0.717) is 17.1 Å². The molecule has 2 aromatic heterocycles. The summed E-state index contributed by atoms with van der Waals surface area (Å²) in [6.45, 7) is 16.5. The summed E-state index contributed by atoms with van der Waals surface area (Å²) in [6, 6.07) is 0.272. The van der Waals surface area contributed by atoms with Gasteiger partial charge in [0.15, 0.2) is 5.16 Å². The first-order valence-corrected chi connectivity index (χ1v) is 10.8. The molecule has 1 amide bonds. The second kappa shape index (κ2) is 8.13. The predicted octanol–water partition coefficient (Wildman–Crippen LogP) is 4.22. The third kappa shape index (κ3) is 3.83. The van der Waals surface area contributed by atoms with E-state index >= 15 is 0 Å². The lowest BCUT2D eigenvalue weighted by Crippen LogP contribution is -2.45. The first-order valence-electron chi connectivity index (χ1n) is 9.09. The molecule has 2 aromatic rings. The highest BCUT2D eigenvalue weighted by Gasteiger charge is 2.27. The number of amides is 1. The Bertz CT molecular complexity index is 860. The van der Waals surface area contributed by atoms with Crippen LogP contribution in [0.2, 0.25) is 0 Å². The monoisotopic (exact) mass is 395 g/mol. The molecule has 7 heteroatoms.